The third-order valence-corrected chi connectivity index (χ3v) is 5.90. The molecule has 0 saturated carbocycles. The standard InChI is InChI=1S/C21H19F3N4O3S/c1-31-19(30)16-11-32-20(26-16)27-18(29)14-9-12-3-4-13(22)10-15(12)25-17(14)28-7-2-5-21(23,24)6-8-28/h3-4,9-11H,2,5-8H2,1H3,(H,26,27,29). The molecule has 0 spiro atoms. The van der Waals surface area contributed by atoms with Gasteiger partial charge < -0.3 is 9.64 Å². The number of ether oxygens (including phenoxy) is 1. The van der Waals surface area contributed by atoms with Gasteiger partial charge in [0.25, 0.3) is 5.91 Å². The number of nitrogens with one attached hydrogen (secondary N) is 1. The number of hydrogen-bond acceptors (Lipinski definition) is 7. The molecule has 0 unspecified atom stereocenters. The van der Waals surface area contributed by atoms with Crippen LogP contribution in [0.1, 0.15) is 40.1 Å². The van der Waals surface area contributed by atoms with Crippen molar-refractivity contribution in [3.8, 4) is 0 Å². The van der Waals surface area contributed by atoms with Gasteiger partial charge in [-0.1, -0.05) is 0 Å². The summed E-state index contributed by atoms with van der Waals surface area (Å²) in [7, 11) is 1.22. The summed E-state index contributed by atoms with van der Waals surface area (Å²) in [5.41, 5.74) is 0.508. The van der Waals surface area contributed by atoms with Crippen LogP contribution in [0.25, 0.3) is 10.9 Å². The number of rotatable bonds is 4. The van der Waals surface area contributed by atoms with E-state index in [-0.39, 0.29) is 54.6 Å². The molecule has 4 rings (SSSR count). The van der Waals surface area contributed by atoms with Crippen LogP contribution in [0, 0.1) is 5.82 Å². The second kappa shape index (κ2) is 8.73. The van der Waals surface area contributed by atoms with Crippen molar-refractivity contribution in [1.82, 2.24) is 9.97 Å². The molecule has 32 heavy (non-hydrogen) atoms. The lowest BCUT2D eigenvalue weighted by molar-refractivity contribution is -0.0102. The first-order valence-corrected chi connectivity index (χ1v) is 10.7. The molecule has 0 bridgehead atoms. The summed E-state index contributed by atoms with van der Waals surface area (Å²) in [4.78, 5) is 34.8. The van der Waals surface area contributed by atoms with Crippen molar-refractivity contribution in [3.05, 3.63) is 46.7 Å². The Balaban J connectivity index is 1.70. The zero-order valence-corrected chi connectivity index (χ0v) is 17.8. The third-order valence-electron chi connectivity index (χ3n) is 5.14. The van der Waals surface area contributed by atoms with Gasteiger partial charge in [0.15, 0.2) is 10.8 Å². The zero-order chi connectivity index (χ0) is 22.9. The number of pyridine rings is 1. The number of anilines is 2. The molecule has 2 aromatic heterocycles. The van der Waals surface area contributed by atoms with Crippen LogP contribution in [-0.4, -0.2) is 48.0 Å². The largest absolute Gasteiger partial charge is 0.464 e. The number of carbonyl (C=O) groups excluding carboxylic acids is 2. The fourth-order valence-corrected chi connectivity index (χ4v) is 4.18. The van der Waals surface area contributed by atoms with Crippen LogP contribution in [0.5, 0.6) is 0 Å². The first-order chi connectivity index (χ1) is 15.3. The molecule has 168 valence electrons. The van der Waals surface area contributed by atoms with Gasteiger partial charge >= 0.3 is 5.97 Å². The summed E-state index contributed by atoms with van der Waals surface area (Å²) < 4.78 is 46.1. The summed E-state index contributed by atoms with van der Waals surface area (Å²) >= 11 is 1.04. The van der Waals surface area contributed by atoms with Gasteiger partial charge in [-0.3, -0.25) is 10.1 Å². The second-order valence-electron chi connectivity index (χ2n) is 7.38. The van der Waals surface area contributed by atoms with Crippen LogP contribution < -0.4 is 10.2 Å². The normalized spacial score (nSPS) is 15.9. The van der Waals surface area contributed by atoms with Crippen molar-refractivity contribution in [3.63, 3.8) is 0 Å². The highest BCUT2D eigenvalue weighted by molar-refractivity contribution is 7.14. The number of halogens is 3. The number of alkyl halides is 2. The maximum absolute atomic E-state index is 13.9. The van der Waals surface area contributed by atoms with Crippen molar-refractivity contribution in [2.45, 2.75) is 25.2 Å². The molecule has 7 nitrogen and oxygen atoms in total. The molecule has 0 radical (unpaired) electrons. The lowest BCUT2D eigenvalue weighted by Crippen LogP contribution is -2.29. The van der Waals surface area contributed by atoms with Crippen molar-refractivity contribution in [1.29, 1.82) is 0 Å². The van der Waals surface area contributed by atoms with E-state index in [0.29, 0.717) is 10.9 Å². The SMILES string of the molecule is COC(=O)c1csc(NC(=O)c2cc3ccc(F)cc3nc2N2CCCC(F)(F)CC2)n1. The van der Waals surface area contributed by atoms with E-state index in [0.717, 1.165) is 11.3 Å². The highest BCUT2D eigenvalue weighted by atomic mass is 32.1. The third kappa shape index (κ3) is 4.67. The molecule has 1 aliphatic heterocycles. The molecule has 1 N–H and O–H groups in total. The molecule has 11 heteroatoms. The smallest absolute Gasteiger partial charge is 0.357 e. The lowest BCUT2D eigenvalue weighted by Gasteiger charge is -2.24. The predicted octanol–water partition coefficient (Wildman–Crippen LogP) is 4.49. The van der Waals surface area contributed by atoms with Gasteiger partial charge in [-0.15, -0.1) is 11.3 Å². The molecular formula is C21H19F3N4O3S. The number of thiazole rings is 1. The Morgan fingerprint density at radius 3 is 2.78 bits per heavy atom. The minimum atomic E-state index is -2.79. The minimum absolute atomic E-state index is 0.00480. The Kier molecular flexibility index (Phi) is 6.00. The van der Waals surface area contributed by atoms with E-state index in [1.807, 2.05) is 0 Å². The van der Waals surface area contributed by atoms with E-state index < -0.39 is 23.6 Å². The van der Waals surface area contributed by atoms with Crippen molar-refractivity contribution in [2.24, 2.45) is 0 Å². The summed E-state index contributed by atoms with van der Waals surface area (Å²) in [5, 5.41) is 4.75. The second-order valence-corrected chi connectivity index (χ2v) is 8.23. The molecule has 1 amide bonds. The Labute approximate surface area is 185 Å². The van der Waals surface area contributed by atoms with Crippen LogP contribution in [0.4, 0.5) is 24.1 Å². The minimum Gasteiger partial charge on any atom is -0.464 e. The van der Waals surface area contributed by atoms with E-state index in [1.165, 1.54) is 30.7 Å². The quantitative estimate of drug-likeness (QED) is 0.573. The molecular weight excluding hydrogens is 445 g/mol. The first-order valence-electron chi connectivity index (χ1n) is 9.84. The number of nitrogens with zero attached hydrogens (tertiary/aromatic N) is 3. The van der Waals surface area contributed by atoms with Gasteiger partial charge in [0.2, 0.25) is 5.92 Å². The summed E-state index contributed by atoms with van der Waals surface area (Å²) in [6.45, 7) is 0.290. The molecule has 1 saturated heterocycles. The zero-order valence-electron chi connectivity index (χ0n) is 17.0. The van der Waals surface area contributed by atoms with Crippen LogP contribution in [0.2, 0.25) is 0 Å². The fourth-order valence-electron chi connectivity index (χ4n) is 3.51. The van der Waals surface area contributed by atoms with Crippen molar-refractivity contribution < 1.29 is 27.5 Å². The van der Waals surface area contributed by atoms with E-state index in [4.69, 9.17) is 0 Å². The topological polar surface area (TPSA) is 84.4 Å². The number of carbonyl (C=O) groups is 2. The lowest BCUT2D eigenvalue weighted by atomic mass is 10.1. The average molecular weight is 464 g/mol. The number of aromatic nitrogens is 2. The van der Waals surface area contributed by atoms with E-state index in [9.17, 15) is 22.8 Å². The number of methoxy groups -OCH3 is 1. The Morgan fingerprint density at radius 1 is 1.19 bits per heavy atom. The van der Waals surface area contributed by atoms with Crippen LogP contribution in [0.15, 0.2) is 29.6 Å². The van der Waals surface area contributed by atoms with Gasteiger partial charge in [-0.05, 0) is 24.6 Å². The Morgan fingerprint density at radius 2 is 2.00 bits per heavy atom. The molecule has 1 aliphatic rings. The molecule has 3 heterocycles. The Hall–Kier alpha value is -3.21. The Bertz CT molecular complexity index is 1180. The number of hydrogen-bond donors (Lipinski definition) is 1. The maximum Gasteiger partial charge on any atom is 0.357 e. The number of fused-ring (bicyclic) bond motifs is 1. The van der Waals surface area contributed by atoms with E-state index in [1.54, 1.807) is 11.0 Å². The summed E-state index contributed by atoms with van der Waals surface area (Å²) in [6.07, 6.45) is -0.388. The monoisotopic (exact) mass is 464 g/mol. The van der Waals surface area contributed by atoms with Gasteiger partial charge in [0.05, 0.1) is 18.2 Å². The summed E-state index contributed by atoms with van der Waals surface area (Å²) in [5.74, 6) is -4.29. The first kappa shape index (κ1) is 22.0. The molecule has 0 atom stereocenters. The van der Waals surface area contributed by atoms with Crippen molar-refractivity contribution >= 4 is 45.1 Å². The predicted molar refractivity (Wildman–Crippen MR) is 114 cm³/mol. The highest BCUT2D eigenvalue weighted by Crippen LogP contribution is 2.32. The molecule has 1 fully saturated rings. The van der Waals surface area contributed by atoms with Crippen LogP contribution in [0.3, 0.4) is 0 Å². The van der Waals surface area contributed by atoms with Gasteiger partial charge in [-0.25, -0.2) is 27.9 Å². The van der Waals surface area contributed by atoms with E-state index >= 15 is 0 Å². The molecule has 0 aliphatic carbocycles. The number of amides is 1. The van der Waals surface area contributed by atoms with Crippen molar-refractivity contribution in [2.75, 3.05) is 30.4 Å². The van der Waals surface area contributed by atoms with Gasteiger partial charge in [0.1, 0.15) is 11.6 Å². The maximum atomic E-state index is 13.9. The number of esters is 1. The fraction of sp³-hybridized carbons (Fsp3) is 0.333. The van der Waals surface area contributed by atoms with Gasteiger partial charge in [-0.2, -0.15) is 0 Å². The molecule has 3 aromatic rings. The summed E-state index contributed by atoms with van der Waals surface area (Å²) in [6, 6.07) is 5.52. The highest BCUT2D eigenvalue weighted by Gasteiger charge is 2.33. The number of benzene rings is 1. The van der Waals surface area contributed by atoms with Crippen LogP contribution >= 0.6 is 11.3 Å². The van der Waals surface area contributed by atoms with E-state index in [2.05, 4.69) is 20.0 Å². The van der Waals surface area contributed by atoms with Crippen LogP contribution in [-0.2, 0) is 4.74 Å². The molecule has 1 aromatic carbocycles. The average Bonchev–Trinajstić information content (AvgIpc) is 3.14. The van der Waals surface area contributed by atoms with Gasteiger partial charge in [0, 0.05) is 42.8 Å².